The van der Waals surface area contributed by atoms with Gasteiger partial charge in [0.15, 0.2) is 0 Å². The number of esters is 1. The Morgan fingerprint density at radius 3 is 2.75 bits per heavy atom. The van der Waals surface area contributed by atoms with E-state index in [1.165, 1.54) is 13.1 Å². The molecule has 0 amide bonds. The lowest BCUT2D eigenvalue weighted by atomic mass is 10.2. The minimum Gasteiger partial charge on any atom is -0.461 e. The normalized spacial score (nSPS) is 11.6. The predicted octanol–water partition coefficient (Wildman–Crippen LogP) is 1.13. The molecule has 0 spiro atoms. The van der Waals surface area contributed by atoms with Crippen molar-refractivity contribution in [2.24, 2.45) is 5.73 Å². The number of carbonyl (C=O) groups excluding carboxylic acids is 1. The van der Waals surface area contributed by atoms with Crippen LogP contribution >= 0.6 is 0 Å². The lowest BCUT2D eigenvalue weighted by Crippen LogP contribution is -2.01. The summed E-state index contributed by atoms with van der Waals surface area (Å²) >= 11 is 0. The van der Waals surface area contributed by atoms with Gasteiger partial charge in [0.2, 0.25) is 0 Å². The molecule has 0 aliphatic heterocycles. The van der Waals surface area contributed by atoms with Crippen LogP contribution in [0, 0.1) is 0 Å². The monoisotopic (exact) mass is 167 g/mol. The molecule has 66 valence electrons. The molecule has 0 aliphatic rings. The predicted molar refractivity (Wildman–Crippen MR) is 48.2 cm³/mol. The summed E-state index contributed by atoms with van der Waals surface area (Å²) < 4.78 is 4.74. The summed E-state index contributed by atoms with van der Waals surface area (Å²) in [6.07, 6.45) is 6.40. The molecule has 3 nitrogen and oxygen atoms in total. The fraction of sp³-hybridized carbons (Fsp3) is 0.222. The van der Waals surface area contributed by atoms with E-state index >= 15 is 0 Å². The first-order valence-corrected chi connectivity index (χ1v) is 3.54. The summed E-state index contributed by atoms with van der Waals surface area (Å²) in [5.74, 6) is -0.306. The topological polar surface area (TPSA) is 52.3 Å². The molecule has 0 aromatic carbocycles. The molecule has 0 heterocycles. The molecule has 0 radical (unpaired) electrons. The highest BCUT2D eigenvalue weighted by atomic mass is 16.5. The van der Waals surface area contributed by atoms with Gasteiger partial charge in [0.05, 0.1) is 0 Å². The molecule has 0 aromatic rings. The zero-order valence-corrected chi connectivity index (χ0v) is 7.12. The van der Waals surface area contributed by atoms with Gasteiger partial charge in [-0.25, -0.2) is 0 Å². The van der Waals surface area contributed by atoms with E-state index in [1.54, 1.807) is 18.2 Å². The van der Waals surface area contributed by atoms with Crippen molar-refractivity contribution in [3.63, 3.8) is 0 Å². The van der Waals surface area contributed by atoms with Gasteiger partial charge in [0, 0.05) is 6.92 Å². The third kappa shape index (κ3) is 5.29. The van der Waals surface area contributed by atoms with Crippen molar-refractivity contribution in [2.75, 3.05) is 6.61 Å². The Balaban J connectivity index is 3.99. The van der Waals surface area contributed by atoms with Crippen molar-refractivity contribution in [3.05, 3.63) is 36.6 Å². The summed E-state index contributed by atoms with van der Waals surface area (Å²) in [4.78, 5) is 10.4. The van der Waals surface area contributed by atoms with E-state index in [1.807, 2.05) is 0 Å². The molecule has 0 bridgehead atoms. The van der Waals surface area contributed by atoms with Crippen LogP contribution in [0.3, 0.4) is 0 Å². The molecule has 3 heteroatoms. The first-order chi connectivity index (χ1) is 5.70. The molecule has 0 saturated carbocycles. The highest BCUT2D eigenvalue weighted by Crippen LogP contribution is 1.97. The Bertz CT molecular complexity index is 217. The van der Waals surface area contributed by atoms with Crippen LogP contribution in [0.25, 0.3) is 0 Å². The van der Waals surface area contributed by atoms with Crippen molar-refractivity contribution in [1.82, 2.24) is 0 Å². The molecule has 0 aromatic heterocycles. The van der Waals surface area contributed by atoms with Crippen LogP contribution in [0.2, 0.25) is 0 Å². The van der Waals surface area contributed by atoms with E-state index in [0.717, 1.165) is 5.57 Å². The van der Waals surface area contributed by atoms with E-state index < -0.39 is 0 Å². The molecule has 0 fully saturated rings. The van der Waals surface area contributed by atoms with Gasteiger partial charge in [-0.2, -0.15) is 0 Å². The van der Waals surface area contributed by atoms with Crippen LogP contribution in [0.1, 0.15) is 6.92 Å². The van der Waals surface area contributed by atoms with Crippen LogP contribution < -0.4 is 5.73 Å². The van der Waals surface area contributed by atoms with E-state index in [0.29, 0.717) is 0 Å². The number of allylic oxidation sites excluding steroid dienone is 2. The fourth-order valence-corrected chi connectivity index (χ4v) is 0.539. The number of hydrogen-bond acceptors (Lipinski definition) is 3. The zero-order valence-electron chi connectivity index (χ0n) is 7.12. The maximum atomic E-state index is 10.4. The maximum Gasteiger partial charge on any atom is 0.302 e. The van der Waals surface area contributed by atoms with Gasteiger partial charge in [-0.05, 0) is 17.8 Å². The summed E-state index contributed by atoms with van der Waals surface area (Å²) in [7, 11) is 0. The summed E-state index contributed by atoms with van der Waals surface area (Å²) in [6, 6.07) is 0. The third-order valence-corrected chi connectivity index (χ3v) is 1.13. The van der Waals surface area contributed by atoms with Gasteiger partial charge >= 0.3 is 5.97 Å². The number of ether oxygens (including phenoxy) is 1. The number of rotatable bonds is 4. The quantitative estimate of drug-likeness (QED) is 0.504. The first-order valence-electron chi connectivity index (χ1n) is 3.54. The number of carbonyl (C=O) groups is 1. The smallest absolute Gasteiger partial charge is 0.302 e. The molecular formula is C9H13NO2. The second-order valence-electron chi connectivity index (χ2n) is 2.11. The Hall–Kier alpha value is -1.51. The molecule has 0 saturated heterocycles. The van der Waals surface area contributed by atoms with Gasteiger partial charge < -0.3 is 10.5 Å². The molecule has 0 rings (SSSR count). The second-order valence-corrected chi connectivity index (χ2v) is 2.11. The largest absolute Gasteiger partial charge is 0.461 e. The van der Waals surface area contributed by atoms with Crippen molar-refractivity contribution in [1.29, 1.82) is 0 Å². The Morgan fingerprint density at radius 1 is 1.67 bits per heavy atom. The van der Waals surface area contributed by atoms with Gasteiger partial charge in [0.1, 0.15) is 6.61 Å². The molecule has 0 unspecified atom stereocenters. The van der Waals surface area contributed by atoms with E-state index in [2.05, 4.69) is 6.58 Å². The van der Waals surface area contributed by atoms with Gasteiger partial charge in [-0.1, -0.05) is 18.7 Å². The summed E-state index contributed by atoms with van der Waals surface area (Å²) in [6.45, 7) is 5.16. The van der Waals surface area contributed by atoms with Crippen molar-refractivity contribution < 1.29 is 9.53 Å². The van der Waals surface area contributed by atoms with Crippen LogP contribution in [-0.2, 0) is 9.53 Å². The van der Waals surface area contributed by atoms with E-state index in [-0.39, 0.29) is 12.6 Å². The van der Waals surface area contributed by atoms with Gasteiger partial charge in [0.25, 0.3) is 0 Å². The van der Waals surface area contributed by atoms with Crippen molar-refractivity contribution in [2.45, 2.75) is 6.92 Å². The standard InChI is InChI=1S/C9H13NO2/c1-3-9(5-4-6-10)7-12-8(2)11/h3-6H,1,7,10H2,2H3/b6-4-,9-5+. The zero-order chi connectivity index (χ0) is 9.40. The van der Waals surface area contributed by atoms with Crippen LogP contribution in [-0.4, -0.2) is 12.6 Å². The minimum absolute atomic E-state index is 0.239. The minimum atomic E-state index is -0.306. The van der Waals surface area contributed by atoms with Crippen LogP contribution in [0.15, 0.2) is 36.6 Å². The molecule has 0 atom stereocenters. The summed E-state index contributed by atoms with van der Waals surface area (Å²) in [5.41, 5.74) is 5.93. The second kappa shape index (κ2) is 6.22. The average Bonchev–Trinajstić information content (AvgIpc) is 2.05. The maximum absolute atomic E-state index is 10.4. The SMILES string of the molecule is C=C/C(=C\C=C/N)COC(C)=O. The van der Waals surface area contributed by atoms with Crippen LogP contribution in [0.5, 0.6) is 0 Å². The lowest BCUT2D eigenvalue weighted by molar-refractivity contribution is -0.139. The van der Waals surface area contributed by atoms with E-state index in [9.17, 15) is 4.79 Å². The lowest BCUT2D eigenvalue weighted by Gasteiger charge is -2.00. The average molecular weight is 167 g/mol. The Morgan fingerprint density at radius 2 is 2.33 bits per heavy atom. The fourth-order valence-electron chi connectivity index (χ4n) is 0.539. The van der Waals surface area contributed by atoms with Gasteiger partial charge in [-0.15, -0.1) is 0 Å². The highest BCUT2D eigenvalue weighted by Gasteiger charge is 1.93. The Kier molecular flexibility index (Phi) is 5.43. The van der Waals surface area contributed by atoms with Gasteiger partial charge in [-0.3, -0.25) is 4.79 Å². The molecule has 0 aliphatic carbocycles. The third-order valence-electron chi connectivity index (χ3n) is 1.13. The molecule has 12 heavy (non-hydrogen) atoms. The highest BCUT2D eigenvalue weighted by molar-refractivity contribution is 5.66. The molecular weight excluding hydrogens is 154 g/mol. The summed E-state index contributed by atoms with van der Waals surface area (Å²) in [5, 5.41) is 0. The van der Waals surface area contributed by atoms with Crippen molar-refractivity contribution in [3.8, 4) is 0 Å². The number of nitrogens with two attached hydrogens (primary N) is 1. The molecule has 2 N–H and O–H groups in total. The number of hydrogen-bond donors (Lipinski definition) is 1. The Labute approximate surface area is 72.2 Å². The van der Waals surface area contributed by atoms with Crippen molar-refractivity contribution >= 4 is 5.97 Å². The van der Waals surface area contributed by atoms with E-state index in [4.69, 9.17) is 10.5 Å². The van der Waals surface area contributed by atoms with Crippen LogP contribution in [0.4, 0.5) is 0 Å². The first kappa shape index (κ1) is 10.5.